The van der Waals surface area contributed by atoms with Crippen molar-refractivity contribution in [2.24, 2.45) is 0 Å². The van der Waals surface area contributed by atoms with E-state index in [2.05, 4.69) is 30.0 Å². The molecule has 2 aromatic carbocycles. The van der Waals surface area contributed by atoms with E-state index in [1.54, 1.807) is 0 Å². The van der Waals surface area contributed by atoms with Gasteiger partial charge in [0.15, 0.2) is 0 Å². The lowest BCUT2D eigenvalue weighted by atomic mass is 10.00. The Labute approximate surface area is 156 Å². The summed E-state index contributed by atoms with van der Waals surface area (Å²) in [6.45, 7) is 4.03. The van der Waals surface area contributed by atoms with Gasteiger partial charge in [-0.2, -0.15) is 0 Å². The number of benzene rings is 2. The Bertz CT molecular complexity index is 747. The van der Waals surface area contributed by atoms with Gasteiger partial charge in [-0.3, -0.25) is 4.79 Å². The molecule has 0 bridgehead atoms. The van der Waals surface area contributed by atoms with E-state index in [1.165, 1.54) is 16.7 Å². The predicted molar refractivity (Wildman–Crippen MR) is 106 cm³/mol. The summed E-state index contributed by atoms with van der Waals surface area (Å²) in [5.74, 6) is 0.133. The van der Waals surface area contributed by atoms with Crippen molar-refractivity contribution < 1.29 is 4.79 Å². The summed E-state index contributed by atoms with van der Waals surface area (Å²) in [6, 6.07) is 14.2. The molecule has 5 heteroatoms. The maximum absolute atomic E-state index is 12.7. The predicted octanol–water partition coefficient (Wildman–Crippen LogP) is 3.41. The molecule has 0 spiro atoms. The molecular weight excluding hydrogens is 334 g/mol. The fourth-order valence-electron chi connectivity index (χ4n) is 3.31. The fraction of sp³-hybridized carbons (Fsp3) is 0.350. The summed E-state index contributed by atoms with van der Waals surface area (Å²) in [6.07, 6.45) is 2.03. The number of anilines is 2. The van der Waals surface area contributed by atoms with Gasteiger partial charge in [0.2, 0.25) is 5.91 Å². The van der Waals surface area contributed by atoms with E-state index in [0.717, 1.165) is 30.8 Å². The molecule has 0 radical (unpaired) electrons. The number of carbonyl (C=O) groups is 1. The summed E-state index contributed by atoms with van der Waals surface area (Å²) >= 11 is 0. The van der Waals surface area contributed by atoms with Gasteiger partial charge in [-0.05, 0) is 48.6 Å². The first-order valence-electron chi connectivity index (χ1n) is 8.47. The number of aryl methyl sites for hydroxylation is 1. The molecule has 0 unspecified atom stereocenters. The second-order valence-corrected chi connectivity index (χ2v) is 6.55. The van der Waals surface area contributed by atoms with Crippen LogP contribution in [0.4, 0.5) is 11.4 Å². The SMILES string of the molecule is Cc1ccccc1CN(C)C(=O)CN1CCCc2c(N)cccc21.Cl. The molecule has 0 aliphatic carbocycles. The Morgan fingerprint density at radius 3 is 2.72 bits per heavy atom. The minimum absolute atomic E-state index is 0. The Morgan fingerprint density at radius 1 is 1.20 bits per heavy atom. The van der Waals surface area contributed by atoms with Gasteiger partial charge >= 0.3 is 0 Å². The van der Waals surface area contributed by atoms with Gasteiger partial charge < -0.3 is 15.5 Å². The minimum atomic E-state index is 0. The molecule has 0 saturated heterocycles. The van der Waals surface area contributed by atoms with Gasteiger partial charge in [0.05, 0.1) is 6.54 Å². The first-order valence-corrected chi connectivity index (χ1v) is 8.47. The summed E-state index contributed by atoms with van der Waals surface area (Å²) in [7, 11) is 1.87. The van der Waals surface area contributed by atoms with Crippen molar-refractivity contribution in [1.82, 2.24) is 4.90 Å². The quantitative estimate of drug-likeness (QED) is 0.851. The van der Waals surface area contributed by atoms with Gasteiger partial charge in [0.25, 0.3) is 0 Å². The first-order chi connectivity index (χ1) is 11.6. The molecule has 4 nitrogen and oxygen atoms in total. The summed E-state index contributed by atoms with van der Waals surface area (Å²) in [5, 5.41) is 0. The van der Waals surface area contributed by atoms with E-state index in [0.29, 0.717) is 13.1 Å². The Kier molecular flexibility index (Phi) is 6.32. The van der Waals surface area contributed by atoms with E-state index < -0.39 is 0 Å². The van der Waals surface area contributed by atoms with Crippen LogP contribution in [0.15, 0.2) is 42.5 Å². The van der Waals surface area contributed by atoms with Crippen molar-refractivity contribution in [2.45, 2.75) is 26.3 Å². The Balaban J connectivity index is 0.00000225. The standard InChI is InChI=1S/C20H25N3O.ClH/c1-15-7-3-4-8-16(15)13-22(2)20(24)14-23-12-6-9-17-18(21)10-5-11-19(17)23;/h3-5,7-8,10-11H,6,9,12-14,21H2,1-2H3;1H. The molecule has 3 rings (SSSR count). The van der Waals surface area contributed by atoms with Crippen molar-refractivity contribution in [1.29, 1.82) is 0 Å². The summed E-state index contributed by atoms with van der Waals surface area (Å²) in [4.78, 5) is 16.6. The number of hydrogen-bond acceptors (Lipinski definition) is 3. The average Bonchev–Trinajstić information content (AvgIpc) is 2.58. The van der Waals surface area contributed by atoms with E-state index >= 15 is 0 Å². The topological polar surface area (TPSA) is 49.6 Å². The van der Waals surface area contributed by atoms with Crippen LogP contribution in [0.25, 0.3) is 0 Å². The number of rotatable bonds is 4. The number of nitrogens with zero attached hydrogens (tertiary/aromatic N) is 2. The van der Waals surface area contributed by atoms with Crippen LogP contribution < -0.4 is 10.6 Å². The zero-order chi connectivity index (χ0) is 17.1. The summed E-state index contributed by atoms with van der Waals surface area (Å²) in [5.41, 5.74) is 11.6. The van der Waals surface area contributed by atoms with E-state index in [-0.39, 0.29) is 18.3 Å². The lowest BCUT2D eigenvalue weighted by Crippen LogP contribution is -2.40. The lowest BCUT2D eigenvalue weighted by molar-refractivity contribution is -0.129. The zero-order valence-electron chi connectivity index (χ0n) is 14.9. The van der Waals surface area contributed by atoms with E-state index in [1.807, 2.05) is 36.2 Å². The molecule has 1 aliphatic rings. The molecular formula is C20H26ClN3O. The van der Waals surface area contributed by atoms with E-state index in [9.17, 15) is 4.79 Å². The Morgan fingerprint density at radius 2 is 1.96 bits per heavy atom. The van der Waals surface area contributed by atoms with Gasteiger partial charge in [0.1, 0.15) is 0 Å². The average molecular weight is 360 g/mol. The smallest absolute Gasteiger partial charge is 0.242 e. The van der Waals surface area contributed by atoms with Crippen LogP contribution >= 0.6 is 12.4 Å². The maximum atomic E-state index is 12.7. The minimum Gasteiger partial charge on any atom is -0.398 e. The fourth-order valence-corrected chi connectivity index (χ4v) is 3.31. The second-order valence-electron chi connectivity index (χ2n) is 6.55. The molecule has 2 N–H and O–H groups in total. The number of likely N-dealkylation sites (N-methyl/N-ethyl adjacent to an activating group) is 1. The van der Waals surface area contributed by atoms with Crippen LogP contribution in [0, 0.1) is 6.92 Å². The van der Waals surface area contributed by atoms with Crippen LogP contribution in [0.5, 0.6) is 0 Å². The molecule has 0 fully saturated rings. The highest BCUT2D eigenvalue weighted by molar-refractivity contribution is 5.85. The van der Waals surface area contributed by atoms with Crippen LogP contribution in [0.2, 0.25) is 0 Å². The number of carbonyl (C=O) groups excluding carboxylic acids is 1. The number of hydrogen-bond donors (Lipinski definition) is 1. The lowest BCUT2D eigenvalue weighted by Gasteiger charge is -2.32. The third kappa shape index (κ3) is 4.26. The normalized spacial score (nSPS) is 13.0. The van der Waals surface area contributed by atoms with Crippen LogP contribution in [0.1, 0.15) is 23.1 Å². The van der Waals surface area contributed by atoms with Gasteiger partial charge in [-0.25, -0.2) is 0 Å². The van der Waals surface area contributed by atoms with E-state index in [4.69, 9.17) is 5.73 Å². The van der Waals surface area contributed by atoms with Gasteiger partial charge in [-0.15, -0.1) is 12.4 Å². The molecule has 0 saturated carbocycles. The maximum Gasteiger partial charge on any atom is 0.242 e. The van der Waals surface area contributed by atoms with Gasteiger partial charge in [-0.1, -0.05) is 30.3 Å². The molecule has 0 atom stereocenters. The largest absolute Gasteiger partial charge is 0.398 e. The van der Waals surface area contributed by atoms with Crippen LogP contribution in [-0.4, -0.2) is 30.9 Å². The van der Waals surface area contributed by atoms with Crippen molar-refractivity contribution in [2.75, 3.05) is 30.8 Å². The van der Waals surface area contributed by atoms with Crippen molar-refractivity contribution in [3.05, 3.63) is 59.2 Å². The van der Waals surface area contributed by atoms with Crippen LogP contribution in [0.3, 0.4) is 0 Å². The number of nitrogens with two attached hydrogens (primary N) is 1. The highest BCUT2D eigenvalue weighted by atomic mass is 35.5. The zero-order valence-corrected chi connectivity index (χ0v) is 15.7. The number of nitrogen functional groups attached to an aromatic ring is 1. The van der Waals surface area contributed by atoms with Gasteiger partial charge in [0, 0.05) is 31.5 Å². The number of halogens is 1. The Hall–Kier alpha value is -2.20. The molecule has 25 heavy (non-hydrogen) atoms. The van der Waals surface area contributed by atoms with Crippen molar-refractivity contribution in [3.8, 4) is 0 Å². The third-order valence-electron chi connectivity index (χ3n) is 4.80. The molecule has 1 amide bonds. The molecule has 1 heterocycles. The van der Waals surface area contributed by atoms with Crippen molar-refractivity contribution >= 4 is 29.7 Å². The number of amides is 1. The molecule has 2 aromatic rings. The molecule has 0 aromatic heterocycles. The highest BCUT2D eigenvalue weighted by Crippen LogP contribution is 2.31. The molecule has 134 valence electrons. The first kappa shape index (κ1) is 19.1. The van der Waals surface area contributed by atoms with Crippen molar-refractivity contribution in [3.63, 3.8) is 0 Å². The highest BCUT2D eigenvalue weighted by Gasteiger charge is 2.22. The summed E-state index contributed by atoms with van der Waals surface area (Å²) < 4.78 is 0. The second kappa shape index (κ2) is 8.26. The number of fused-ring (bicyclic) bond motifs is 1. The van der Waals surface area contributed by atoms with Crippen LogP contribution in [-0.2, 0) is 17.8 Å². The monoisotopic (exact) mass is 359 g/mol. The molecule has 1 aliphatic heterocycles. The third-order valence-corrected chi connectivity index (χ3v) is 4.80.